The van der Waals surface area contributed by atoms with Crippen LogP contribution in [0.25, 0.3) is 60.5 Å². The summed E-state index contributed by atoms with van der Waals surface area (Å²) < 4.78 is 2.46. The lowest BCUT2D eigenvalue weighted by atomic mass is 9.82. The Morgan fingerprint density at radius 2 is 0.944 bits per heavy atom. The van der Waals surface area contributed by atoms with Crippen molar-refractivity contribution in [2.45, 2.75) is 38.5 Å². The van der Waals surface area contributed by atoms with Gasteiger partial charge in [-0.15, -0.1) is 0 Å². The molecule has 0 saturated heterocycles. The van der Waals surface area contributed by atoms with Crippen LogP contribution in [0.1, 0.15) is 49.9 Å². The monoisotopic (exact) mass is 692 g/mol. The third kappa shape index (κ3) is 4.23. The standard InChI is InChI=1S/C52H40N2/c1-51(2)44-20-12-10-18-39(44)40-26-23-35(30-45(40)51)53(34-15-6-5-7-16-34)36-24-27-41-42-28-25-37(32-47(42)52(3,4)46(41)31-36)54-48-21-13-11-19-43(48)50-38-17-9-8-14-33(38)22-29-49(50)54/h5-32H,1-4H3. The molecule has 0 radical (unpaired) electrons. The summed E-state index contributed by atoms with van der Waals surface area (Å²) in [7, 11) is 0. The Balaban J connectivity index is 1.05. The molecule has 0 spiro atoms. The minimum atomic E-state index is -0.202. The van der Waals surface area contributed by atoms with Crippen molar-refractivity contribution in [3.05, 3.63) is 192 Å². The number of hydrogen-bond acceptors (Lipinski definition) is 1. The molecule has 2 aliphatic carbocycles. The first kappa shape index (κ1) is 31.2. The molecule has 258 valence electrons. The number of hydrogen-bond donors (Lipinski definition) is 0. The van der Waals surface area contributed by atoms with Crippen LogP contribution in [0.2, 0.25) is 0 Å². The second kappa shape index (κ2) is 11.1. The van der Waals surface area contributed by atoms with Crippen LogP contribution in [-0.2, 0) is 10.8 Å². The number of fused-ring (bicyclic) bond motifs is 11. The number of benzene rings is 8. The summed E-state index contributed by atoms with van der Waals surface area (Å²) in [5.74, 6) is 0. The molecule has 2 aliphatic rings. The Kier molecular flexibility index (Phi) is 6.39. The lowest BCUT2D eigenvalue weighted by molar-refractivity contribution is 0.659. The summed E-state index contributed by atoms with van der Waals surface area (Å²) in [5.41, 5.74) is 17.7. The summed E-state index contributed by atoms with van der Waals surface area (Å²) in [6, 6.07) is 63.2. The lowest BCUT2D eigenvalue weighted by Gasteiger charge is -2.29. The van der Waals surface area contributed by atoms with Gasteiger partial charge in [-0.3, -0.25) is 0 Å². The highest BCUT2D eigenvalue weighted by atomic mass is 15.1. The van der Waals surface area contributed by atoms with E-state index in [1.807, 2.05) is 0 Å². The second-order valence-electron chi connectivity index (χ2n) is 16.2. The zero-order valence-corrected chi connectivity index (χ0v) is 31.1. The molecular formula is C52H40N2. The van der Waals surface area contributed by atoms with Gasteiger partial charge in [-0.1, -0.05) is 137 Å². The molecule has 0 amide bonds. The highest BCUT2D eigenvalue weighted by Crippen LogP contribution is 2.53. The fourth-order valence-corrected chi connectivity index (χ4v) is 9.86. The fourth-order valence-electron chi connectivity index (χ4n) is 9.86. The van der Waals surface area contributed by atoms with Gasteiger partial charge in [0, 0.05) is 44.4 Å². The molecule has 2 nitrogen and oxygen atoms in total. The van der Waals surface area contributed by atoms with Gasteiger partial charge in [0.15, 0.2) is 0 Å². The molecule has 0 saturated carbocycles. The number of anilines is 3. The van der Waals surface area contributed by atoms with Crippen molar-refractivity contribution in [2.75, 3.05) is 4.90 Å². The Bertz CT molecular complexity index is 3000. The molecule has 0 unspecified atom stereocenters. The summed E-state index contributed by atoms with van der Waals surface area (Å²) in [5, 5.41) is 5.17. The van der Waals surface area contributed by atoms with Gasteiger partial charge in [-0.2, -0.15) is 0 Å². The minimum Gasteiger partial charge on any atom is -0.310 e. The summed E-state index contributed by atoms with van der Waals surface area (Å²) in [6.07, 6.45) is 0. The Labute approximate surface area is 316 Å². The number of rotatable bonds is 4. The van der Waals surface area contributed by atoms with Gasteiger partial charge in [-0.25, -0.2) is 0 Å². The predicted molar refractivity (Wildman–Crippen MR) is 228 cm³/mol. The van der Waals surface area contributed by atoms with Crippen LogP contribution in [0, 0.1) is 0 Å². The first-order valence-corrected chi connectivity index (χ1v) is 19.1. The quantitative estimate of drug-likeness (QED) is 0.178. The van der Waals surface area contributed by atoms with Crippen molar-refractivity contribution in [2.24, 2.45) is 0 Å². The molecule has 0 aliphatic heterocycles. The van der Waals surface area contributed by atoms with Gasteiger partial charge in [0.25, 0.3) is 0 Å². The van der Waals surface area contributed by atoms with E-state index < -0.39 is 0 Å². The fraction of sp³-hybridized carbons (Fsp3) is 0.115. The van der Waals surface area contributed by atoms with Gasteiger partial charge in [0.1, 0.15) is 0 Å². The van der Waals surface area contributed by atoms with E-state index in [1.54, 1.807) is 0 Å². The van der Waals surface area contributed by atoms with Crippen LogP contribution in [-0.4, -0.2) is 4.57 Å². The molecule has 0 bridgehead atoms. The van der Waals surface area contributed by atoms with Gasteiger partial charge in [-0.05, 0) is 116 Å². The second-order valence-corrected chi connectivity index (χ2v) is 16.2. The highest BCUT2D eigenvalue weighted by molar-refractivity contribution is 6.21. The largest absolute Gasteiger partial charge is 0.310 e. The van der Waals surface area contributed by atoms with Crippen molar-refractivity contribution in [3.63, 3.8) is 0 Å². The van der Waals surface area contributed by atoms with E-state index >= 15 is 0 Å². The van der Waals surface area contributed by atoms with Crippen LogP contribution < -0.4 is 4.90 Å². The maximum Gasteiger partial charge on any atom is 0.0547 e. The molecule has 8 aromatic carbocycles. The molecule has 0 N–H and O–H groups in total. The van der Waals surface area contributed by atoms with Crippen LogP contribution >= 0.6 is 0 Å². The maximum atomic E-state index is 2.46. The molecule has 0 fully saturated rings. The topological polar surface area (TPSA) is 8.17 Å². The van der Waals surface area contributed by atoms with Crippen molar-refractivity contribution in [1.29, 1.82) is 0 Å². The molecular weight excluding hydrogens is 653 g/mol. The van der Waals surface area contributed by atoms with E-state index in [9.17, 15) is 0 Å². The average molecular weight is 693 g/mol. The van der Waals surface area contributed by atoms with Crippen LogP contribution in [0.5, 0.6) is 0 Å². The van der Waals surface area contributed by atoms with E-state index in [4.69, 9.17) is 0 Å². The van der Waals surface area contributed by atoms with E-state index in [-0.39, 0.29) is 10.8 Å². The first-order valence-electron chi connectivity index (χ1n) is 19.1. The van der Waals surface area contributed by atoms with Gasteiger partial charge in [0.05, 0.1) is 11.0 Å². The Morgan fingerprint density at radius 1 is 0.389 bits per heavy atom. The molecule has 1 aromatic heterocycles. The first-order chi connectivity index (χ1) is 26.3. The van der Waals surface area contributed by atoms with Gasteiger partial charge in [0.2, 0.25) is 0 Å². The molecule has 9 aromatic rings. The number of para-hydroxylation sites is 2. The van der Waals surface area contributed by atoms with Crippen LogP contribution in [0.4, 0.5) is 17.1 Å². The number of nitrogens with zero attached hydrogens (tertiary/aromatic N) is 2. The summed E-state index contributed by atoms with van der Waals surface area (Å²) >= 11 is 0. The third-order valence-electron chi connectivity index (χ3n) is 12.6. The molecule has 2 heteroatoms. The molecule has 54 heavy (non-hydrogen) atoms. The molecule has 11 rings (SSSR count). The van der Waals surface area contributed by atoms with Crippen molar-refractivity contribution >= 4 is 49.6 Å². The SMILES string of the molecule is CC1(C)c2ccccc2-c2ccc(N(c3ccccc3)c3ccc4c(c3)C(C)(C)c3cc(-n5c6ccccc6c6c7ccccc7ccc65)ccc3-4)cc21. The van der Waals surface area contributed by atoms with Gasteiger partial charge < -0.3 is 9.47 Å². The average Bonchev–Trinajstić information content (AvgIpc) is 3.75. The van der Waals surface area contributed by atoms with Crippen molar-refractivity contribution in [1.82, 2.24) is 4.57 Å². The lowest BCUT2D eigenvalue weighted by Crippen LogP contribution is -2.18. The van der Waals surface area contributed by atoms with Crippen LogP contribution in [0.15, 0.2) is 170 Å². The number of aromatic nitrogens is 1. The zero-order chi connectivity index (χ0) is 36.3. The Hall–Kier alpha value is -6.38. The van der Waals surface area contributed by atoms with Crippen molar-refractivity contribution < 1.29 is 0 Å². The van der Waals surface area contributed by atoms with E-state index in [2.05, 4.69) is 207 Å². The Morgan fingerprint density at radius 3 is 1.69 bits per heavy atom. The zero-order valence-electron chi connectivity index (χ0n) is 31.1. The predicted octanol–water partition coefficient (Wildman–Crippen LogP) is 14.0. The van der Waals surface area contributed by atoms with Crippen LogP contribution in [0.3, 0.4) is 0 Å². The highest BCUT2D eigenvalue weighted by Gasteiger charge is 2.38. The normalized spacial score (nSPS) is 14.6. The summed E-state index contributed by atoms with van der Waals surface area (Å²) in [4.78, 5) is 2.44. The van der Waals surface area contributed by atoms with E-state index in [1.165, 1.54) is 94.1 Å². The van der Waals surface area contributed by atoms with E-state index in [0.717, 1.165) is 5.69 Å². The smallest absolute Gasteiger partial charge is 0.0547 e. The minimum absolute atomic E-state index is 0.0763. The van der Waals surface area contributed by atoms with E-state index in [0.29, 0.717) is 0 Å². The van der Waals surface area contributed by atoms with Gasteiger partial charge >= 0.3 is 0 Å². The summed E-state index contributed by atoms with van der Waals surface area (Å²) in [6.45, 7) is 9.51. The molecule has 0 atom stereocenters. The van der Waals surface area contributed by atoms with Crippen molar-refractivity contribution in [3.8, 4) is 27.9 Å². The molecule has 1 heterocycles. The maximum absolute atomic E-state index is 2.46. The third-order valence-corrected chi connectivity index (χ3v) is 12.6.